The van der Waals surface area contributed by atoms with Crippen LogP contribution >= 0.6 is 22.7 Å². The van der Waals surface area contributed by atoms with Gasteiger partial charge in [0.1, 0.15) is 0 Å². The molecule has 0 bridgehead atoms. The molecule has 2 heterocycles. The molecule has 1 amide bonds. The number of aliphatic carboxylic acids is 1. The number of primary amides is 1. The first-order chi connectivity index (χ1) is 13.0. The molecule has 0 aliphatic heterocycles. The molecule has 0 radical (unpaired) electrons. The number of benzene rings is 1. The molecule has 0 aliphatic carbocycles. The van der Waals surface area contributed by atoms with E-state index in [0.717, 1.165) is 10.4 Å². The van der Waals surface area contributed by atoms with Crippen molar-refractivity contribution in [1.82, 2.24) is 0 Å². The van der Waals surface area contributed by atoms with Crippen LogP contribution in [0.1, 0.15) is 29.7 Å². The van der Waals surface area contributed by atoms with Crippen LogP contribution in [-0.4, -0.2) is 23.6 Å². The molecule has 3 rings (SSSR count). The van der Waals surface area contributed by atoms with E-state index in [4.69, 9.17) is 15.6 Å². The Bertz CT molecular complexity index is 945. The zero-order valence-corrected chi connectivity index (χ0v) is 16.4. The van der Waals surface area contributed by atoms with Crippen LogP contribution in [0.3, 0.4) is 0 Å². The van der Waals surface area contributed by atoms with Gasteiger partial charge < -0.3 is 15.6 Å². The Balaban J connectivity index is 1.75. The summed E-state index contributed by atoms with van der Waals surface area (Å²) >= 11 is 3.35. The molecule has 0 spiro atoms. The number of fused-ring (bicyclic) bond motifs is 1. The number of nitrogens with two attached hydrogens (primary N) is 1. The number of rotatable bonds is 10. The zero-order valence-electron chi connectivity index (χ0n) is 14.8. The van der Waals surface area contributed by atoms with Gasteiger partial charge in [0.25, 0.3) is 0 Å². The number of carbonyl (C=O) groups is 2. The third kappa shape index (κ3) is 5.15. The van der Waals surface area contributed by atoms with Crippen LogP contribution in [-0.2, 0) is 27.4 Å². The number of hydrogen-bond acceptors (Lipinski definition) is 5. The van der Waals surface area contributed by atoms with Gasteiger partial charge in [-0.3, -0.25) is 9.59 Å². The fraction of sp³-hybridized carbons (Fsp3) is 0.300. The maximum absolute atomic E-state index is 11.3. The van der Waals surface area contributed by atoms with Crippen molar-refractivity contribution in [1.29, 1.82) is 0 Å². The Labute approximate surface area is 165 Å². The normalized spacial score (nSPS) is 11.1. The minimum atomic E-state index is -0.801. The standard InChI is InChI=1S/C20H21NO4S2/c21-18(22)8-7-16-15-4-1-2-5-17(15)27-20(16)13-10-14(26-12-13)11-25-9-3-6-19(23)24/h1-2,4-5,10,12H,3,6-9,11H2,(H2,21,22)(H,23,24). The number of ether oxygens (including phenoxy) is 1. The Hall–Kier alpha value is -2.22. The molecule has 3 N–H and O–H groups in total. The summed E-state index contributed by atoms with van der Waals surface area (Å²) in [4.78, 5) is 24.1. The van der Waals surface area contributed by atoms with E-state index in [2.05, 4.69) is 23.6 Å². The predicted molar refractivity (Wildman–Crippen MR) is 109 cm³/mol. The van der Waals surface area contributed by atoms with Crippen LogP contribution < -0.4 is 5.73 Å². The van der Waals surface area contributed by atoms with Crippen molar-refractivity contribution in [2.45, 2.75) is 32.3 Å². The molecule has 0 atom stereocenters. The van der Waals surface area contributed by atoms with E-state index in [1.165, 1.54) is 20.5 Å². The quantitative estimate of drug-likeness (QED) is 0.490. The molecule has 27 heavy (non-hydrogen) atoms. The Kier molecular flexibility index (Phi) is 6.60. The highest BCUT2D eigenvalue weighted by Crippen LogP contribution is 2.40. The lowest BCUT2D eigenvalue weighted by Gasteiger charge is -2.02. The second-order valence-electron chi connectivity index (χ2n) is 6.22. The molecule has 3 aromatic rings. The van der Waals surface area contributed by atoms with E-state index >= 15 is 0 Å². The monoisotopic (exact) mass is 403 g/mol. The SMILES string of the molecule is NC(=O)CCc1c(-c2csc(COCCCC(=O)O)c2)sc2ccccc12. The maximum Gasteiger partial charge on any atom is 0.303 e. The third-order valence-corrected chi connectivity index (χ3v) is 6.33. The average Bonchev–Trinajstić information content (AvgIpc) is 3.23. The molecule has 0 unspecified atom stereocenters. The van der Waals surface area contributed by atoms with Gasteiger partial charge in [0.05, 0.1) is 6.61 Å². The van der Waals surface area contributed by atoms with E-state index in [-0.39, 0.29) is 12.3 Å². The number of hydrogen-bond donors (Lipinski definition) is 2. The lowest BCUT2D eigenvalue weighted by atomic mass is 10.0. The van der Waals surface area contributed by atoms with Gasteiger partial charge in [-0.2, -0.15) is 0 Å². The summed E-state index contributed by atoms with van der Waals surface area (Å²) in [7, 11) is 0. The summed E-state index contributed by atoms with van der Waals surface area (Å²) in [5.41, 5.74) is 7.65. The Morgan fingerprint density at radius 2 is 2.00 bits per heavy atom. The van der Waals surface area contributed by atoms with Crippen molar-refractivity contribution >= 4 is 44.6 Å². The van der Waals surface area contributed by atoms with E-state index in [9.17, 15) is 9.59 Å². The van der Waals surface area contributed by atoms with E-state index < -0.39 is 5.97 Å². The first kappa shape index (κ1) is 19.5. The lowest BCUT2D eigenvalue weighted by molar-refractivity contribution is -0.137. The van der Waals surface area contributed by atoms with Gasteiger partial charge in [-0.15, -0.1) is 22.7 Å². The highest BCUT2D eigenvalue weighted by Gasteiger charge is 2.15. The molecule has 1 aromatic carbocycles. The molecular formula is C20H21NO4S2. The van der Waals surface area contributed by atoms with Gasteiger partial charge in [-0.1, -0.05) is 18.2 Å². The van der Waals surface area contributed by atoms with Gasteiger partial charge in [-0.25, -0.2) is 0 Å². The topological polar surface area (TPSA) is 89.6 Å². The molecule has 2 aromatic heterocycles. The summed E-state index contributed by atoms with van der Waals surface area (Å²) in [5.74, 6) is -1.10. The fourth-order valence-electron chi connectivity index (χ4n) is 2.90. The van der Waals surface area contributed by atoms with Crippen LogP contribution in [0.4, 0.5) is 0 Å². The van der Waals surface area contributed by atoms with Crippen molar-refractivity contribution in [3.63, 3.8) is 0 Å². The van der Waals surface area contributed by atoms with Crippen molar-refractivity contribution in [2.24, 2.45) is 5.73 Å². The van der Waals surface area contributed by atoms with Crippen molar-refractivity contribution < 1.29 is 19.4 Å². The van der Waals surface area contributed by atoms with Crippen LogP contribution in [0.5, 0.6) is 0 Å². The summed E-state index contributed by atoms with van der Waals surface area (Å²) in [6.07, 6.45) is 1.60. The molecule has 0 saturated carbocycles. The van der Waals surface area contributed by atoms with Crippen LogP contribution in [0, 0.1) is 0 Å². The van der Waals surface area contributed by atoms with Crippen molar-refractivity contribution in [2.75, 3.05) is 6.61 Å². The number of thiophene rings is 2. The van der Waals surface area contributed by atoms with Gasteiger partial charge >= 0.3 is 5.97 Å². The summed E-state index contributed by atoms with van der Waals surface area (Å²) < 4.78 is 6.78. The zero-order chi connectivity index (χ0) is 19.2. The van der Waals surface area contributed by atoms with Gasteiger partial charge in [0.2, 0.25) is 5.91 Å². The Morgan fingerprint density at radius 1 is 1.19 bits per heavy atom. The third-order valence-electron chi connectivity index (χ3n) is 4.16. The maximum atomic E-state index is 11.3. The first-order valence-corrected chi connectivity index (χ1v) is 10.4. The van der Waals surface area contributed by atoms with Gasteiger partial charge in [-0.05, 0) is 41.3 Å². The smallest absolute Gasteiger partial charge is 0.303 e. The lowest BCUT2D eigenvalue weighted by Crippen LogP contribution is -2.11. The molecular weight excluding hydrogens is 382 g/mol. The molecule has 142 valence electrons. The highest BCUT2D eigenvalue weighted by atomic mass is 32.1. The summed E-state index contributed by atoms with van der Waals surface area (Å²) in [5, 5.41) is 11.9. The predicted octanol–water partition coefficient (Wildman–Crippen LogP) is 4.43. The number of carbonyl (C=O) groups excluding carboxylic acids is 1. The number of carboxylic acids is 1. The minimum Gasteiger partial charge on any atom is -0.481 e. The van der Waals surface area contributed by atoms with Gasteiger partial charge in [0, 0.05) is 39.5 Å². The molecule has 5 nitrogen and oxygen atoms in total. The number of carboxylic acid groups (broad SMARTS) is 1. The fourth-order valence-corrected chi connectivity index (χ4v) is 5.03. The molecule has 0 fully saturated rings. The first-order valence-electron chi connectivity index (χ1n) is 8.70. The van der Waals surface area contributed by atoms with Gasteiger partial charge in [0.15, 0.2) is 0 Å². The molecule has 7 heteroatoms. The number of amides is 1. The van der Waals surface area contributed by atoms with Crippen LogP contribution in [0.25, 0.3) is 20.5 Å². The highest BCUT2D eigenvalue weighted by molar-refractivity contribution is 7.22. The minimum absolute atomic E-state index is 0.126. The Morgan fingerprint density at radius 3 is 2.78 bits per heavy atom. The van der Waals surface area contributed by atoms with Crippen molar-refractivity contribution in [3.8, 4) is 10.4 Å². The summed E-state index contributed by atoms with van der Waals surface area (Å²) in [6, 6.07) is 10.3. The second-order valence-corrected chi connectivity index (χ2v) is 8.27. The van der Waals surface area contributed by atoms with E-state index in [0.29, 0.717) is 32.5 Å². The summed E-state index contributed by atoms with van der Waals surface area (Å²) in [6.45, 7) is 0.915. The number of aryl methyl sites for hydroxylation is 1. The largest absolute Gasteiger partial charge is 0.481 e. The van der Waals surface area contributed by atoms with Crippen molar-refractivity contribution in [3.05, 3.63) is 46.2 Å². The molecule has 0 saturated heterocycles. The van der Waals surface area contributed by atoms with E-state index in [1.807, 2.05) is 12.1 Å². The second kappa shape index (κ2) is 9.12. The van der Waals surface area contributed by atoms with Crippen LogP contribution in [0.2, 0.25) is 0 Å². The van der Waals surface area contributed by atoms with Crippen LogP contribution in [0.15, 0.2) is 35.7 Å². The molecule has 0 aliphatic rings. The van der Waals surface area contributed by atoms with E-state index in [1.54, 1.807) is 22.7 Å². The average molecular weight is 404 g/mol.